The van der Waals surface area contributed by atoms with E-state index in [1.807, 2.05) is 39.1 Å². The molecular formula is C18H21N3O2. The van der Waals surface area contributed by atoms with E-state index >= 15 is 0 Å². The maximum absolute atomic E-state index is 12.4. The summed E-state index contributed by atoms with van der Waals surface area (Å²) in [6, 6.07) is 6.00. The third kappa shape index (κ3) is 3.50. The standard InChI is InChI=1S/C18H21N3O2/c1-18(2,3)23-17(22)21-9-5-7-13-10-15(12-20-16(13)21)14-6-4-8-19-11-14/h4,6,8,10-12H,5,7,9H2,1-3H3. The van der Waals surface area contributed by atoms with Crippen LogP contribution < -0.4 is 4.90 Å². The van der Waals surface area contributed by atoms with E-state index in [0.717, 1.165) is 29.5 Å². The second-order valence-electron chi connectivity index (χ2n) is 6.68. The van der Waals surface area contributed by atoms with E-state index in [4.69, 9.17) is 4.74 Å². The summed E-state index contributed by atoms with van der Waals surface area (Å²) in [6.07, 6.45) is 6.84. The van der Waals surface area contributed by atoms with Gasteiger partial charge in [0.15, 0.2) is 0 Å². The van der Waals surface area contributed by atoms with Crippen LogP contribution in [0, 0.1) is 0 Å². The summed E-state index contributed by atoms with van der Waals surface area (Å²) in [6.45, 7) is 6.25. The van der Waals surface area contributed by atoms with Gasteiger partial charge >= 0.3 is 6.09 Å². The van der Waals surface area contributed by atoms with Gasteiger partial charge < -0.3 is 4.74 Å². The molecule has 0 fully saturated rings. The highest BCUT2D eigenvalue weighted by molar-refractivity contribution is 5.88. The Bertz CT molecular complexity index is 708. The molecule has 0 saturated heterocycles. The van der Waals surface area contributed by atoms with Gasteiger partial charge in [0.25, 0.3) is 0 Å². The minimum Gasteiger partial charge on any atom is -0.443 e. The van der Waals surface area contributed by atoms with Crippen LogP contribution >= 0.6 is 0 Å². The summed E-state index contributed by atoms with van der Waals surface area (Å²) in [5, 5.41) is 0. The van der Waals surface area contributed by atoms with Crippen LogP contribution in [0.25, 0.3) is 11.1 Å². The fourth-order valence-electron chi connectivity index (χ4n) is 2.65. The second-order valence-corrected chi connectivity index (χ2v) is 6.68. The predicted molar refractivity (Wildman–Crippen MR) is 89.4 cm³/mol. The molecule has 2 aromatic heterocycles. The highest BCUT2D eigenvalue weighted by Crippen LogP contribution is 2.30. The molecule has 3 rings (SSSR count). The molecule has 0 spiro atoms. The van der Waals surface area contributed by atoms with Gasteiger partial charge in [0, 0.05) is 36.3 Å². The lowest BCUT2D eigenvalue weighted by atomic mass is 10.0. The molecule has 120 valence electrons. The van der Waals surface area contributed by atoms with Crippen LogP contribution in [0.15, 0.2) is 36.8 Å². The molecule has 0 atom stereocenters. The van der Waals surface area contributed by atoms with Crippen molar-refractivity contribution >= 4 is 11.9 Å². The second kappa shape index (κ2) is 5.99. The van der Waals surface area contributed by atoms with Gasteiger partial charge in [0.05, 0.1) is 0 Å². The monoisotopic (exact) mass is 311 g/mol. The van der Waals surface area contributed by atoms with Crippen LogP contribution in [0.5, 0.6) is 0 Å². The molecule has 23 heavy (non-hydrogen) atoms. The third-order valence-electron chi connectivity index (χ3n) is 3.64. The van der Waals surface area contributed by atoms with E-state index in [0.29, 0.717) is 12.4 Å². The number of rotatable bonds is 1. The number of ether oxygens (including phenoxy) is 1. The van der Waals surface area contributed by atoms with Crippen molar-refractivity contribution in [1.82, 2.24) is 9.97 Å². The average molecular weight is 311 g/mol. The van der Waals surface area contributed by atoms with E-state index in [1.54, 1.807) is 17.3 Å². The molecule has 0 bridgehead atoms. The maximum Gasteiger partial charge on any atom is 0.416 e. The van der Waals surface area contributed by atoms with Crippen LogP contribution in [-0.4, -0.2) is 28.2 Å². The number of pyridine rings is 2. The number of carbonyl (C=O) groups is 1. The number of carbonyl (C=O) groups excluding carboxylic acids is 1. The number of aryl methyl sites for hydroxylation is 1. The zero-order chi connectivity index (χ0) is 16.4. The van der Waals surface area contributed by atoms with Crippen molar-refractivity contribution in [3.05, 3.63) is 42.4 Å². The van der Waals surface area contributed by atoms with Crippen LogP contribution in [-0.2, 0) is 11.2 Å². The number of hydrogen-bond donors (Lipinski definition) is 0. The molecule has 1 aliphatic heterocycles. The topological polar surface area (TPSA) is 55.3 Å². The Morgan fingerprint density at radius 3 is 2.78 bits per heavy atom. The van der Waals surface area contributed by atoms with Gasteiger partial charge in [0.2, 0.25) is 0 Å². The zero-order valence-corrected chi connectivity index (χ0v) is 13.7. The first-order valence-electron chi connectivity index (χ1n) is 7.84. The van der Waals surface area contributed by atoms with E-state index in [1.165, 1.54) is 0 Å². The molecule has 0 unspecified atom stereocenters. The normalized spacial score (nSPS) is 14.3. The Hall–Kier alpha value is -2.43. The van der Waals surface area contributed by atoms with Gasteiger partial charge in [-0.1, -0.05) is 6.07 Å². The number of anilines is 1. The first-order valence-corrected chi connectivity index (χ1v) is 7.84. The largest absolute Gasteiger partial charge is 0.443 e. The van der Waals surface area contributed by atoms with Crippen LogP contribution in [0.2, 0.25) is 0 Å². The highest BCUT2D eigenvalue weighted by Gasteiger charge is 2.28. The zero-order valence-electron chi connectivity index (χ0n) is 13.7. The van der Waals surface area contributed by atoms with E-state index in [2.05, 4.69) is 16.0 Å². The summed E-state index contributed by atoms with van der Waals surface area (Å²) >= 11 is 0. The van der Waals surface area contributed by atoms with Crippen molar-refractivity contribution in [3.8, 4) is 11.1 Å². The van der Waals surface area contributed by atoms with Crippen molar-refractivity contribution < 1.29 is 9.53 Å². The first-order chi connectivity index (χ1) is 10.9. The third-order valence-corrected chi connectivity index (χ3v) is 3.64. The van der Waals surface area contributed by atoms with Crippen LogP contribution in [0.1, 0.15) is 32.8 Å². The van der Waals surface area contributed by atoms with Crippen molar-refractivity contribution in [2.45, 2.75) is 39.2 Å². The Morgan fingerprint density at radius 2 is 2.09 bits per heavy atom. The van der Waals surface area contributed by atoms with Crippen molar-refractivity contribution in [2.24, 2.45) is 0 Å². The lowest BCUT2D eigenvalue weighted by molar-refractivity contribution is 0.0576. The van der Waals surface area contributed by atoms with Crippen molar-refractivity contribution in [1.29, 1.82) is 0 Å². The van der Waals surface area contributed by atoms with E-state index < -0.39 is 5.60 Å². The van der Waals surface area contributed by atoms with E-state index in [9.17, 15) is 4.79 Å². The Kier molecular flexibility index (Phi) is 4.03. The molecule has 2 aromatic rings. The minimum absolute atomic E-state index is 0.333. The summed E-state index contributed by atoms with van der Waals surface area (Å²) < 4.78 is 5.49. The molecule has 5 heteroatoms. The quantitative estimate of drug-likeness (QED) is 0.803. The SMILES string of the molecule is CC(C)(C)OC(=O)N1CCCc2cc(-c3cccnc3)cnc21. The van der Waals surface area contributed by atoms with Gasteiger partial charge in [-0.3, -0.25) is 9.88 Å². The van der Waals surface area contributed by atoms with E-state index in [-0.39, 0.29) is 6.09 Å². The smallest absolute Gasteiger partial charge is 0.416 e. The maximum atomic E-state index is 12.4. The number of amides is 1. The van der Waals surface area contributed by atoms with Crippen molar-refractivity contribution in [3.63, 3.8) is 0 Å². The summed E-state index contributed by atoms with van der Waals surface area (Å²) in [7, 11) is 0. The highest BCUT2D eigenvalue weighted by atomic mass is 16.6. The van der Waals surface area contributed by atoms with Gasteiger partial charge in [0.1, 0.15) is 11.4 Å². The molecule has 0 aromatic carbocycles. The van der Waals surface area contributed by atoms with Gasteiger partial charge in [-0.2, -0.15) is 0 Å². The number of fused-ring (bicyclic) bond motifs is 1. The van der Waals surface area contributed by atoms with Gasteiger partial charge in [-0.05, 0) is 51.3 Å². The fourth-order valence-corrected chi connectivity index (χ4v) is 2.65. The Balaban J connectivity index is 1.90. The molecule has 5 nitrogen and oxygen atoms in total. The van der Waals surface area contributed by atoms with Crippen LogP contribution in [0.3, 0.4) is 0 Å². The fraction of sp³-hybridized carbons (Fsp3) is 0.389. The number of nitrogens with zero attached hydrogens (tertiary/aromatic N) is 3. The van der Waals surface area contributed by atoms with Crippen LogP contribution in [0.4, 0.5) is 10.6 Å². The molecule has 1 aliphatic rings. The lowest BCUT2D eigenvalue weighted by Crippen LogP contribution is -2.40. The Morgan fingerprint density at radius 1 is 1.26 bits per heavy atom. The lowest BCUT2D eigenvalue weighted by Gasteiger charge is -2.30. The Labute approximate surface area is 136 Å². The summed E-state index contributed by atoms with van der Waals surface area (Å²) in [4.78, 5) is 22.7. The summed E-state index contributed by atoms with van der Waals surface area (Å²) in [5.74, 6) is 0.707. The molecule has 3 heterocycles. The molecule has 0 radical (unpaired) electrons. The summed E-state index contributed by atoms with van der Waals surface area (Å²) in [5.41, 5.74) is 2.60. The van der Waals surface area contributed by atoms with Crippen molar-refractivity contribution in [2.75, 3.05) is 11.4 Å². The molecule has 0 aliphatic carbocycles. The minimum atomic E-state index is -0.510. The molecule has 1 amide bonds. The van der Waals surface area contributed by atoms with Gasteiger partial charge in [-0.25, -0.2) is 9.78 Å². The molecule has 0 saturated carbocycles. The number of hydrogen-bond acceptors (Lipinski definition) is 4. The first kappa shape index (κ1) is 15.5. The average Bonchev–Trinajstić information content (AvgIpc) is 2.53. The molecule has 0 N–H and O–H groups in total. The predicted octanol–water partition coefficient (Wildman–Crippen LogP) is 3.83. The number of aromatic nitrogens is 2. The molecular weight excluding hydrogens is 290 g/mol. The van der Waals surface area contributed by atoms with Gasteiger partial charge in [-0.15, -0.1) is 0 Å².